The van der Waals surface area contributed by atoms with Gasteiger partial charge in [-0.05, 0) is 30.1 Å². The zero-order chi connectivity index (χ0) is 21.1. The van der Waals surface area contributed by atoms with Gasteiger partial charge in [-0.1, -0.05) is 0 Å². The summed E-state index contributed by atoms with van der Waals surface area (Å²) < 4.78 is 35.4. The first-order valence-electron chi connectivity index (χ1n) is 8.20. The minimum Gasteiger partial charge on any atom is -0.489 e. The van der Waals surface area contributed by atoms with Gasteiger partial charge in [-0.15, -0.1) is 0 Å². The summed E-state index contributed by atoms with van der Waals surface area (Å²) >= 11 is 0. The number of ether oxygens (including phenoxy) is 1. The number of rotatable bonds is 7. The van der Waals surface area contributed by atoms with Crippen molar-refractivity contribution in [2.45, 2.75) is 13.0 Å². The molecule has 2 aromatic heterocycles. The number of aliphatic hydroxyl groups excluding tert-OH is 1. The number of hydrogen-bond donors (Lipinski definition) is 2. The van der Waals surface area contributed by atoms with E-state index in [1.807, 2.05) is 0 Å². The molecule has 152 valence electrons. The Hall–Kier alpha value is -3.74. The van der Waals surface area contributed by atoms with Crippen LogP contribution in [0.15, 0.2) is 28.1 Å². The first-order chi connectivity index (χ1) is 13.8. The summed E-state index contributed by atoms with van der Waals surface area (Å²) in [7, 11) is 1.39. The first-order valence-corrected chi connectivity index (χ1v) is 8.20. The highest BCUT2D eigenvalue weighted by Gasteiger charge is 2.18. The second-order valence-corrected chi connectivity index (χ2v) is 5.90. The lowest BCUT2D eigenvalue weighted by Crippen LogP contribution is -2.23. The smallest absolute Gasteiger partial charge is 0.368 e. The number of aromatic nitrogens is 6. The van der Waals surface area contributed by atoms with Gasteiger partial charge in [0.2, 0.25) is 5.95 Å². The number of halogens is 2. The third-order valence-corrected chi connectivity index (χ3v) is 3.60. The Balaban J connectivity index is 2.06. The lowest BCUT2D eigenvalue weighted by atomic mass is 10.2. The van der Waals surface area contributed by atoms with E-state index in [1.165, 1.54) is 20.0 Å². The third kappa shape index (κ3) is 4.24. The molecule has 3 rings (SSSR count). The normalized spacial score (nSPS) is 11.9. The Labute approximate surface area is 162 Å². The molecule has 0 aliphatic rings. The third-order valence-electron chi connectivity index (χ3n) is 3.60. The van der Waals surface area contributed by atoms with E-state index < -0.39 is 23.4 Å². The first kappa shape index (κ1) is 20.0. The van der Waals surface area contributed by atoms with Crippen molar-refractivity contribution >= 4 is 24.2 Å². The average molecular weight is 406 g/mol. The second-order valence-electron chi connectivity index (χ2n) is 5.90. The van der Waals surface area contributed by atoms with Crippen LogP contribution < -0.4 is 15.7 Å². The summed E-state index contributed by atoms with van der Waals surface area (Å²) in [4.78, 5) is 23.1. The maximum Gasteiger partial charge on any atom is 0.368 e. The molecule has 29 heavy (non-hydrogen) atoms. The van der Waals surface area contributed by atoms with E-state index in [9.17, 15) is 18.7 Å². The monoisotopic (exact) mass is 406 g/mol. The van der Waals surface area contributed by atoms with Gasteiger partial charge in [0.15, 0.2) is 17.5 Å². The molecule has 0 saturated carbocycles. The summed E-state index contributed by atoms with van der Waals surface area (Å²) in [6, 6.07) is 2.22. The Morgan fingerprint density at radius 1 is 1.34 bits per heavy atom. The van der Waals surface area contributed by atoms with Crippen LogP contribution in [0.5, 0.6) is 5.75 Å². The van der Waals surface area contributed by atoms with E-state index in [0.717, 1.165) is 21.6 Å². The maximum atomic E-state index is 14.6. The van der Waals surface area contributed by atoms with E-state index in [2.05, 4.69) is 37.4 Å². The summed E-state index contributed by atoms with van der Waals surface area (Å²) in [6.07, 6.45) is 0.0190. The quantitative estimate of drug-likeness (QED) is 0.553. The molecule has 1 atom stereocenters. The number of nitrogens with zero attached hydrogens (tertiary/aromatic N) is 7. The van der Waals surface area contributed by atoms with E-state index >= 15 is 0 Å². The molecule has 0 bridgehead atoms. The predicted octanol–water partition coefficient (Wildman–Crippen LogP) is 0.869. The van der Waals surface area contributed by atoms with Crippen LogP contribution in [0.2, 0.25) is 0 Å². The van der Waals surface area contributed by atoms with Crippen molar-refractivity contribution in [2.24, 2.45) is 12.0 Å². The van der Waals surface area contributed by atoms with E-state index in [-0.39, 0.29) is 35.5 Å². The van der Waals surface area contributed by atoms with E-state index in [0.29, 0.717) is 0 Å². The van der Waals surface area contributed by atoms with Gasteiger partial charge >= 0.3 is 5.69 Å². The molecule has 1 aromatic carbocycles. The largest absolute Gasteiger partial charge is 0.489 e. The van der Waals surface area contributed by atoms with Crippen LogP contribution in [0, 0.1) is 11.6 Å². The van der Waals surface area contributed by atoms with Crippen molar-refractivity contribution in [1.82, 2.24) is 29.8 Å². The van der Waals surface area contributed by atoms with Crippen LogP contribution >= 0.6 is 0 Å². The second kappa shape index (κ2) is 8.10. The summed E-state index contributed by atoms with van der Waals surface area (Å²) in [5.41, 5.74) is -0.707. The van der Waals surface area contributed by atoms with Crippen molar-refractivity contribution in [3.05, 3.63) is 40.4 Å². The van der Waals surface area contributed by atoms with Gasteiger partial charge in [0.05, 0.1) is 18.0 Å². The highest BCUT2D eigenvalue weighted by Crippen LogP contribution is 2.30. The summed E-state index contributed by atoms with van der Waals surface area (Å²) in [5.74, 6) is -2.09. The van der Waals surface area contributed by atoms with Gasteiger partial charge in [-0.25, -0.2) is 23.6 Å². The molecule has 1 unspecified atom stereocenters. The van der Waals surface area contributed by atoms with Crippen LogP contribution in [0.25, 0.3) is 5.69 Å². The number of aliphatic imine (C=N–C) groups is 1. The molecule has 11 nitrogen and oxygen atoms in total. The number of benzene rings is 1. The molecule has 13 heteroatoms. The molecule has 0 radical (unpaired) electrons. The SMILES string of the molecule is C=Nc1nc(Nc2cc(-n3nnn(C)c3=O)c(OCC(C)O)cc2F)ncc1F. The lowest BCUT2D eigenvalue weighted by molar-refractivity contribution is 0.122. The topological polar surface area (TPSA) is 132 Å². The zero-order valence-corrected chi connectivity index (χ0v) is 15.4. The molecule has 0 aliphatic carbocycles. The van der Waals surface area contributed by atoms with Gasteiger partial charge in [0, 0.05) is 13.1 Å². The van der Waals surface area contributed by atoms with Crippen molar-refractivity contribution in [3.8, 4) is 11.4 Å². The molecular formula is C16H16F2N8O3. The number of tetrazole rings is 1. The Morgan fingerprint density at radius 3 is 2.72 bits per heavy atom. The molecule has 0 saturated heterocycles. The van der Waals surface area contributed by atoms with Gasteiger partial charge < -0.3 is 15.2 Å². The average Bonchev–Trinajstić information content (AvgIpc) is 3.01. The van der Waals surface area contributed by atoms with Gasteiger partial charge in [-0.3, -0.25) is 0 Å². The Bertz CT molecular complexity index is 1110. The molecule has 0 fully saturated rings. The molecule has 2 heterocycles. The Morgan fingerprint density at radius 2 is 2.10 bits per heavy atom. The van der Waals surface area contributed by atoms with Crippen molar-refractivity contribution in [2.75, 3.05) is 11.9 Å². The van der Waals surface area contributed by atoms with Crippen LogP contribution in [0.4, 0.5) is 26.2 Å². The standard InChI is InChI=1S/C16H16F2N8O3/c1-8(27)7-29-13-4-9(17)11(5-12(13)26-16(28)25(3)23-24-26)21-15-20-6-10(18)14(19-2)22-15/h4-6,8,27H,2,7H2,1,3H3,(H,20,21,22). The number of aliphatic hydroxyl groups is 1. The molecule has 3 aromatic rings. The van der Waals surface area contributed by atoms with Crippen LogP contribution in [0.3, 0.4) is 0 Å². The van der Waals surface area contributed by atoms with Crippen molar-refractivity contribution < 1.29 is 18.6 Å². The molecule has 0 aliphatic heterocycles. The summed E-state index contributed by atoms with van der Waals surface area (Å²) in [5, 5.41) is 19.3. The fourth-order valence-electron chi connectivity index (χ4n) is 2.25. The highest BCUT2D eigenvalue weighted by molar-refractivity contribution is 5.63. The van der Waals surface area contributed by atoms with Crippen LogP contribution in [-0.4, -0.2) is 54.3 Å². The Kier molecular flexibility index (Phi) is 5.59. The maximum absolute atomic E-state index is 14.6. The number of aryl methyl sites for hydroxylation is 1. The van der Waals surface area contributed by atoms with Crippen molar-refractivity contribution in [1.29, 1.82) is 0 Å². The van der Waals surface area contributed by atoms with E-state index in [1.54, 1.807) is 0 Å². The summed E-state index contributed by atoms with van der Waals surface area (Å²) in [6.45, 7) is 4.53. The minimum absolute atomic E-state index is 0.0509. The van der Waals surface area contributed by atoms with Crippen molar-refractivity contribution in [3.63, 3.8) is 0 Å². The van der Waals surface area contributed by atoms with Crippen LogP contribution in [0.1, 0.15) is 6.92 Å². The lowest BCUT2D eigenvalue weighted by Gasteiger charge is -2.14. The molecule has 0 spiro atoms. The van der Waals surface area contributed by atoms with Gasteiger partial charge in [-0.2, -0.15) is 14.3 Å². The molecule has 0 amide bonds. The number of anilines is 2. The number of nitrogens with one attached hydrogen (secondary N) is 1. The van der Waals surface area contributed by atoms with Crippen LogP contribution in [-0.2, 0) is 7.05 Å². The van der Waals surface area contributed by atoms with Gasteiger partial charge in [0.1, 0.15) is 18.0 Å². The minimum atomic E-state index is -0.834. The van der Waals surface area contributed by atoms with E-state index in [4.69, 9.17) is 4.74 Å². The molecular weight excluding hydrogens is 390 g/mol. The van der Waals surface area contributed by atoms with Gasteiger partial charge in [0.25, 0.3) is 0 Å². The zero-order valence-electron chi connectivity index (χ0n) is 15.4. The predicted molar refractivity (Wildman–Crippen MR) is 98.2 cm³/mol. The highest BCUT2D eigenvalue weighted by atomic mass is 19.1. The fraction of sp³-hybridized carbons (Fsp3) is 0.250. The molecule has 2 N–H and O–H groups in total. The number of hydrogen-bond acceptors (Lipinski definition) is 9. The fourth-order valence-corrected chi connectivity index (χ4v) is 2.25.